The first kappa shape index (κ1) is 15.3. The second-order valence-corrected chi connectivity index (χ2v) is 6.99. The second kappa shape index (κ2) is 5.99. The summed E-state index contributed by atoms with van der Waals surface area (Å²) in [5.41, 5.74) is 5.49. The van der Waals surface area contributed by atoms with Gasteiger partial charge in [0.25, 0.3) is 5.91 Å². The lowest BCUT2D eigenvalue weighted by Crippen LogP contribution is -2.38. The number of carbonyl (C=O) groups excluding carboxylic acids is 1. The van der Waals surface area contributed by atoms with Crippen LogP contribution >= 0.6 is 11.6 Å². The molecular formula is C20H19ClN2O. The summed E-state index contributed by atoms with van der Waals surface area (Å²) in [6, 6.07) is 13.8. The highest BCUT2D eigenvalue weighted by atomic mass is 35.5. The van der Waals surface area contributed by atoms with E-state index in [-0.39, 0.29) is 11.9 Å². The molecule has 0 saturated carbocycles. The van der Waals surface area contributed by atoms with Crippen molar-refractivity contribution >= 4 is 28.4 Å². The summed E-state index contributed by atoms with van der Waals surface area (Å²) in [4.78, 5) is 16.0. The topological polar surface area (TPSA) is 44.9 Å². The molecule has 4 heteroatoms. The standard InChI is InChI=1S/C20H19ClN2O/c1-12-3-2-4-13(9-12)20(24)22-15-6-8-18-17(11-15)16-7-5-14(21)10-19(16)23-18/h2-5,7,9-10,15,23H,6,8,11H2,1H3,(H,22,24). The zero-order valence-corrected chi connectivity index (χ0v) is 14.3. The molecule has 4 rings (SSSR count). The third-order valence-electron chi connectivity index (χ3n) is 4.77. The first-order valence-corrected chi connectivity index (χ1v) is 8.64. The average molecular weight is 339 g/mol. The van der Waals surface area contributed by atoms with E-state index < -0.39 is 0 Å². The van der Waals surface area contributed by atoms with Crippen LogP contribution in [0.2, 0.25) is 5.02 Å². The van der Waals surface area contributed by atoms with Crippen molar-refractivity contribution in [3.05, 3.63) is 69.9 Å². The number of fused-ring (bicyclic) bond motifs is 3. The molecule has 3 nitrogen and oxygen atoms in total. The van der Waals surface area contributed by atoms with Crippen molar-refractivity contribution in [2.75, 3.05) is 0 Å². The smallest absolute Gasteiger partial charge is 0.251 e. The number of hydrogen-bond donors (Lipinski definition) is 2. The summed E-state index contributed by atoms with van der Waals surface area (Å²) in [5.74, 6) is 0.00929. The molecule has 1 amide bonds. The van der Waals surface area contributed by atoms with Crippen LogP contribution in [0.4, 0.5) is 0 Å². The number of aromatic amines is 1. The second-order valence-electron chi connectivity index (χ2n) is 6.55. The molecule has 1 atom stereocenters. The Kier molecular flexibility index (Phi) is 3.81. The molecule has 0 radical (unpaired) electrons. The molecule has 0 aliphatic heterocycles. The number of H-pyrrole nitrogens is 1. The third-order valence-corrected chi connectivity index (χ3v) is 5.00. The van der Waals surface area contributed by atoms with Gasteiger partial charge in [0.15, 0.2) is 0 Å². The maximum Gasteiger partial charge on any atom is 0.251 e. The summed E-state index contributed by atoms with van der Waals surface area (Å²) in [7, 11) is 0. The Morgan fingerprint density at radius 1 is 1.25 bits per heavy atom. The number of aromatic nitrogens is 1. The van der Waals surface area contributed by atoms with E-state index >= 15 is 0 Å². The van der Waals surface area contributed by atoms with Crippen molar-refractivity contribution in [3.63, 3.8) is 0 Å². The summed E-state index contributed by atoms with van der Waals surface area (Å²) in [6.45, 7) is 2.00. The van der Waals surface area contributed by atoms with Gasteiger partial charge in [-0.05, 0) is 56.0 Å². The van der Waals surface area contributed by atoms with Crippen molar-refractivity contribution in [1.82, 2.24) is 10.3 Å². The van der Waals surface area contributed by atoms with E-state index in [1.165, 1.54) is 16.6 Å². The highest BCUT2D eigenvalue weighted by molar-refractivity contribution is 6.31. The Hall–Kier alpha value is -2.26. The normalized spacial score (nSPS) is 16.8. The predicted molar refractivity (Wildman–Crippen MR) is 97.8 cm³/mol. The number of benzene rings is 2. The van der Waals surface area contributed by atoms with E-state index in [1.54, 1.807) is 0 Å². The molecule has 2 aromatic carbocycles. The minimum absolute atomic E-state index is 0.00929. The summed E-state index contributed by atoms with van der Waals surface area (Å²) >= 11 is 6.08. The van der Waals surface area contributed by atoms with Crippen molar-refractivity contribution in [3.8, 4) is 0 Å². The van der Waals surface area contributed by atoms with Crippen molar-refractivity contribution in [2.24, 2.45) is 0 Å². The fourth-order valence-electron chi connectivity index (χ4n) is 3.58. The molecule has 1 aliphatic rings. The van der Waals surface area contributed by atoms with E-state index in [0.29, 0.717) is 0 Å². The summed E-state index contributed by atoms with van der Waals surface area (Å²) in [6.07, 6.45) is 2.75. The highest BCUT2D eigenvalue weighted by Crippen LogP contribution is 2.30. The zero-order valence-electron chi connectivity index (χ0n) is 13.5. The van der Waals surface area contributed by atoms with Gasteiger partial charge in [0.1, 0.15) is 0 Å². The van der Waals surface area contributed by atoms with Gasteiger partial charge in [0.2, 0.25) is 0 Å². The number of carbonyl (C=O) groups is 1. The van der Waals surface area contributed by atoms with Crippen LogP contribution in [-0.4, -0.2) is 16.9 Å². The molecule has 122 valence electrons. The Bertz CT molecular complexity index is 929. The van der Waals surface area contributed by atoms with Crippen LogP contribution in [0.15, 0.2) is 42.5 Å². The van der Waals surface area contributed by atoms with Crippen LogP contribution in [0.1, 0.15) is 33.6 Å². The van der Waals surface area contributed by atoms with Crippen molar-refractivity contribution < 1.29 is 4.79 Å². The molecule has 2 N–H and O–H groups in total. The van der Waals surface area contributed by atoms with E-state index in [0.717, 1.165) is 40.9 Å². The fraction of sp³-hybridized carbons (Fsp3) is 0.250. The summed E-state index contributed by atoms with van der Waals surface area (Å²) < 4.78 is 0. The first-order valence-electron chi connectivity index (χ1n) is 8.26. The number of halogens is 1. The third kappa shape index (κ3) is 2.80. The molecule has 0 fully saturated rings. The van der Waals surface area contributed by atoms with Gasteiger partial charge < -0.3 is 10.3 Å². The van der Waals surface area contributed by atoms with Gasteiger partial charge in [-0.25, -0.2) is 0 Å². The Labute approximate surface area is 146 Å². The van der Waals surface area contributed by atoms with Crippen molar-refractivity contribution in [1.29, 1.82) is 0 Å². The van der Waals surface area contributed by atoms with Gasteiger partial charge in [-0.3, -0.25) is 4.79 Å². The monoisotopic (exact) mass is 338 g/mol. The minimum Gasteiger partial charge on any atom is -0.358 e. The van der Waals surface area contributed by atoms with E-state index in [4.69, 9.17) is 11.6 Å². The number of rotatable bonds is 2. The number of aryl methyl sites for hydroxylation is 2. The lowest BCUT2D eigenvalue weighted by atomic mass is 9.91. The summed E-state index contributed by atoms with van der Waals surface area (Å²) in [5, 5.41) is 5.14. The Morgan fingerprint density at radius 3 is 2.96 bits per heavy atom. The SMILES string of the molecule is Cc1cccc(C(=O)NC2CCc3[nH]c4cc(Cl)ccc4c3C2)c1. The van der Waals surface area contributed by atoms with Crippen LogP contribution in [0, 0.1) is 6.92 Å². The Balaban J connectivity index is 1.56. The Morgan fingerprint density at radius 2 is 2.12 bits per heavy atom. The zero-order chi connectivity index (χ0) is 16.7. The predicted octanol–water partition coefficient (Wildman–Crippen LogP) is 4.42. The minimum atomic E-state index is 0.00929. The fourth-order valence-corrected chi connectivity index (χ4v) is 3.75. The molecule has 3 aromatic rings. The largest absolute Gasteiger partial charge is 0.358 e. The molecule has 0 spiro atoms. The lowest BCUT2D eigenvalue weighted by Gasteiger charge is -2.23. The van der Waals surface area contributed by atoms with Gasteiger partial charge in [-0.15, -0.1) is 0 Å². The molecule has 1 unspecified atom stereocenters. The van der Waals surface area contributed by atoms with Crippen LogP contribution in [-0.2, 0) is 12.8 Å². The van der Waals surface area contributed by atoms with Gasteiger partial charge in [0.05, 0.1) is 0 Å². The van der Waals surface area contributed by atoms with Crippen LogP contribution in [0.5, 0.6) is 0 Å². The average Bonchev–Trinajstić information content (AvgIpc) is 2.91. The molecule has 0 saturated heterocycles. The van der Waals surface area contributed by atoms with Crippen LogP contribution < -0.4 is 5.32 Å². The van der Waals surface area contributed by atoms with E-state index in [9.17, 15) is 4.79 Å². The highest BCUT2D eigenvalue weighted by Gasteiger charge is 2.24. The van der Waals surface area contributed by atoms with Gasteiger partial charge in [-0.1, -0.05) is 35.4 Å². The molecule has 24 heavy (non-hydrogen) atoms. The number of hydrogen-bond acceptors (Lipinski definition) is 1. The van der Waals surface area contributed by atoms with Gasteiger partial charge >= 0.3 is 0 Å². The molecule has 1 aromatic heterocycles. The van der Waals surface area contributed by atoms with Gasteiger partial charge in [-0.2, -0.15) is 0 Å². The van der Waals surface area contributed by atoms with E-state index in [1.807, 2.05) is 43.3 Å². The maximum atomic E-state index is 12.5. The molecule has 1 heterocycles. The number of amides is 1. The quantitative estimate of drug-likeness (QED) is 0.714. The molecular weight excluding hydrogens is 320 g/mol. The van der Waals surface area contributed by atoms with Crippen LogP contribution in [0.25, 0.3) is 10.9 Å². The van der Waals surface area contributed by atoms with Gasteiger partial charge in [0, 0.05) is 33.2 Å². The number of nitrogens with one attached hydrogen (secondary N) is 2. The molecule has 1 aliphatic carbocycles. The van der Waals surface area contributed by atoms with Crippen molar-refractivity contribution in [2.45, 2.75) is 32.2 Å². The first-order chi connectivity index (χ1) is 11.6. The molecule has 0 bridgehead atoms. The maximum absolute atomic E-state index is 12.5. The van der Waals surface area contributed by atoms with Crippen LogP contribution in [0.3, 0.4) is 0 Å². The lowest BCUT2D eigenvalue weighted by molar-refractivity contribution is 0.0933. The van der Waals surface area contributed by atoms with E-state index in [2.05, 4.69) is 16.4 Å².